The fourth-order valence-electron chi connectivity index (χ4n) is 2.41. The fourth-order valence-corrected chi connectivity index (χ4v) is 2.41. The Balaban J connectivity index is 2.64. The third-order valence-corrected chi connectivity index (χ3v) is 3.46. The van der Waals surface area contributed by atoms with E-state index in [4.69, 9.17) is 14.2 Å². The molecule has 0 aromatic heterocycles. The Morgan fingerprint density at radius 2 is 2.24 bits per heavy atom. The highest BCUT2D eigenvalue weighted by Crippen LogP contribution is 2.42. The second-order valence-electron chi connectivity index (χ2n) is 4.45. The Morgan fingerprint density at radius 1 is 1.47 bits per heavy atom. The van der Waals surface area contributed by atoms with Gasteiger partial charge in [0.25, 0.3) is 0 Å². The average molecular weight is 242 g/mol. The summed E-state index contributed by atoms with van der Waals surface area (Å²) in [4.78, 5) is 11.4. The molecule has 98 valence electrons. The molecule has 0 spiro atoms. The molecule has 1 aliphatic carbocycles. The van der Waals surface area contributed by atoms with Crippen LogP contribution < -0.4 is 0 Å². The summed E-state index contributed by atoms with van der Waals surface area (Å²) in [6.07, 6.45) is 4.92. The number of hydrogen-bond acceptors (Lipinski definition) is 4. The molecule has 4 nitrogen and oxygen atoms in total. The van der Waals surface area contributed by atoms with Gasteiger partial charge in [-0.05, 0) is 12.8 Å². The number of carbonyl (C=O) groups excluding carboxylic acids is 1. The Hall–Kier alpha value is -0.710. The monoisotopic (exact) mass is 242 g/mol. The van der Waals surface area contributed by atoms with Crippen LogP contribution >= 0.6 is 0 Å². The van der Waals surface area contributed by atoms with Crippen LogP contribution in [0.3, 0.4) is 0 Å². The number of methoxy groups -OCH3 is 1. The van der Waals surface area contributed by atoms with Crippen molar-refractivity contribution < 1.29 is 19.0 Å². The molecule has 1 aliphatic rings. The second kappa shape index (κ2) is 6.89. The molecule has 0 aliphatic heterocycles. The summed E-state index contributed by atoms with van der Waals surface area (Å²) >= 11 is 0. The molecule has 0 bridgehead atoms. The van der Waals surface area contributed by atoms with Crippen LogP contribution in [0.25, 0.3) is 0 Å². The van der Waals surface area contributed by atoms with E-state index in [1.54, 1.807) is 13.2 Å². The maximum Gasteiger partial charge on any atom is 0.146 e. The van der Waals surface area contributed by atoms with Gasteiger partial charge in [-0.1, -0.05) is 13.0 Å². The van der Waals surface area contributed by atoms with Crippen molar-refractivity contribution >= 4 is 6.29 Å². The SMILES string of the molecule is C=CCO[C@H]1C[C@@H](OCOC)[C@](C=O)(CC)C1. The molecule has 3 atom stereocenters. The van der Waals surface area contributed by atoms with Gasteiger partial charge in [0.2, 0.25) is 0 Å². The highest BCUT2D eigenvalue weighted by molar-refractivity contribution is 5.61. The zero-order valence-corrected chi connectivity index (χ0v) is 10.7. The first-order chi connectivity index (χ1) is 8.22. The number of ether oxygens (including phenoxy) is 3. The number of hydrogen-bond donors (Lipinski definition) is 0. The van der Waals surface area contributed by atoms with Crippen molar-refractivity contribution in [1.29, 1.82) is 0 Å². The standard InChI is InChI=1S/C13H22O4/c1-4-6-16-11-7-12(17-10-15-3)13(5-2,8-11)9-14/h4,9,11-12H,1,5-8,10H2,2-3H3/t11-,12+,13+/m0/s1. The van der Waals surface area contributed by atoms with Crippen molar-refractivity contribution in [2.24, 2.45) is 5.41 Å². The lowest BCUT2D eigenvalue weighted by atomic mass is 9.83. The predicted molar refractivity (Wildman–Crippen MR) is 64.7 cm³/mol. The molecular weight excluding hydrogens is 220 g/mol. The third-order valence-electron chi connectivity index (χ3n) is 3.46. The molecule has 0 heterocycles. The summed E-state index contributed by atoms with van der Waals surface area (Å²) in [5, 5.41) is 0. The van der Waals surface area contributed by atoms with Crippen LogP contribution in [0.5, 0.6) is 0 Å². The lowest BCUT2D eigenvalue weighted by Crippen LogP contribution is -2.33. The van der Waals surface area contributed by atoms with E-state index in [1.807, 2.05) is 6.92 Å². The van der Waals surface area contributed by atoms with Crippen LogP contribution in [-0.4, -0.2) is 39.0 Å². The first-order valence-electron chi connectivity index (χ1n) is 6.01. The van der Waals surface area contributed by atoms with Crippen LogP contribution in [0, 0.1) is 5.41 Å². The molecule has 0 N–H and O–H groups in total. The minimum Gasteiger partial charge on any atom is -0.374 e. The third kappa shape index (κ3) is 3.37. The molecule has 0 unspecified atom stereocenters. The molecule has 0 saturated heterocycles. The van der Waals surface area contributed by atoms with Crippen molar-refractivity contribution in [3.63, 3.8) is 0 Å². The molecule has 4 heteroatoms. The van der Waals surface area contributed by atoms with Crippen molar-refractivity contribution in [2.75, 3.05) is 20.5 Å². The van der Waals surface area contributed by atoms with Gasteiger partial charge in [0.15, 0.2) is 0 Å². The number of aldehydes is 1. The van der Waals surface area contributed by atoms with Crippen molar-refractivity contribution in [1.82, 2.24) is 0 Å². The van der Waals surface area contributed by atoms with Gasteiger partial charge in [-0.2, -0.15) is 0 Å². The summed E-state index contributed by atoms with van der Waals surface area (Å²) in [5.74, 6) is 0. The smallest absolute Gasteiger partial charge is 0.146 e. The van der Waals surface area contributed by atoms with Crippen LogP contribution in [0.1, 0.15) is 26.2 Å². The van der Waals surface area contributed by atoms with E-state index >= 15 is 0 Å². The van der Waals surface area contributed by atoms with Gasteiger partial charge in [0.1, 0.15) is 13.1 Å². The van der Waals surface area contributed by atoms with Crippen molar-refractivity contribution in [3.05, 3.63) is 12.7 Å². The van der Waals surface area contributed by atoms with E-state index < -0.39 is 5.41 Å². The van der Waals surface area contributed by atoms with Gasteiger partial charge in [0.05, 0.1) is 24.2 Å². The van der Waals surface area contributed by atoms with Gasteiger partial charge in [-0.3, -0.25) is 0 Å². The summed E-state index contributed by atoms with van der Waals surface area (Å²) in [6.45, 7) is 6.36. The van der Waals surface area contributed by atoms with Gasteiger partial charge in [-0.15, -0.1) is 6.58 Å². The maximum absolute atomic E-state index is 11.4. The molecule has 0 aromatic rings. The van der Waals surface area contributed by atoms with Gasteiger partial charge >= 0.3 is 0 Å². The van der Waals surface area contributed by atoms with E-state index in [0.717, 1.165) is 25.5 Å². The maximum atomic E-state index is 11.4. The van der Waals surface area contributed by atoms with Crippen LogP contribution in [-0.2, 0) is 19.0 Å². The minimum absolute atomic E-state index is 0.0695. The van der Waals surface area contributed by atoms with Gasteiger partial charge in [0, 0.05) is 13.5 Å². The lowest BCUT2D eigenvalue weighted by molar-refractivity contribution is -0.135. The second-order valence-corrected chi connectivity index (χ2v) is 4.45. The summed E-state index contributed by atoms with van der Waals surface area (Å²) in [5.41, 5.74) is -0.426. The topological polar surface area (TPSA) is 44.8 Å². The first kappa shape index (κ1) is 14.4. The Bertz CT molecular complexity index is 254. The zero-order valence-electron chi connectivity index (χ0n) is 10.7. The zero-order chi connectivity index (χ0) is 12.7. The van der Waals surface area contributed by atoms with Gasteiger partial charge in [-0.25, -0.2) is 0 Å². The van der Waals surface area contributed by atoms with Crippen LogP contribution in [0.4, 0.5) is 0 Å². The number of rotatable bonds is 8. The molecule has 0 radical (unpaired) electrons. The molecule has 1 rings (SSSR count). The fraction of sp³-hybridized carbons (Fsp3) is 0.769. The summed E-state index contributed by atoms with van der Waals surface area (Å²) < 4.78 is 16.1. The van der Waals surface area contributed by atoms with Gasteiger partial charge < -0.3 is 19.0 Å². The molecule has 0 amide bonds. The van der Waals surface area contributed by atoms with E-state index in [2.05, 4.69) is 6.58 Å². The minimum atomic E-state index is -0.426. The largest absolute Gasteiger partial charge is 0.374 e. The molecular formula is C13H22O4. The van der Waals surface area contributed by atoms with Crippen LogP contribution in [0.2, 0.25) is 0 Å². The van der Waals surface area contributed by atoms with E-state index in [9.17, 15) is 4.79 Å². The highest BCUT2D eigenvalue weighted by atomic mass is 16.7. The van der Waals surface area contributed by atoms with E-state index in [1.165, 1.54) is 0 Å². The Labute approximate surface area is 103 Å². The first-order valence-corrected chi connectivity index (χ1v) is 6.01. The Morgan fingerprint density at radius 3 is 2.76 bits per heavy atom. The molecule has 17 heavy (non-hydrogen) atoms. The quantitative estimate of drug-likeness (QED) is 0.371. The molecule has 1 saturated carbocycles. The summed E-state index contributed by atoms with van der Waals surface area (Å²) in [7, 11) is 1.58. The van der Waals surface area contributed by atoms with Crippen molar-refractivity contribution in [3.8, 4) is 0 Å². The lowest BCUT2D eigenvalue weighted by Gasteiger charge is -2.27. The predicted octanol–water partition coefficient (Wildman–Crippen LogP) is 1.94. The Kier molecular flexibility index (Phi) is 5.82. The normalized spacial score (nSPS) is 32.6. The van der Waals surface area contributed by atoms with Crippen LogP contribution in [0.15, 0.2) is 12.7 Å². The molecule has 0 aromatic carbocycles. The van der Waals surface area contributed by atoms with Crippen molar-refractivity contribution in [2.45, 2.75) is 38.4 Å². The van der Waals surface area contributed by atoms with E-state index in [0.29, 0.717) is 6.61 Å². The molecule has 1 fully saturated rings. The summed E-state index contributed by atoms with van der Waals surface area (Å²) in [6, 6.07) is 0. The highest BCUT2D eigenvalue weighted by Gasteiger charge is 2.47. The van der Waals surface area contributed by atoms with E-state index in [-0.39, 0.29) is 19.0 Å². The average Bonchev–Trinajstić information content (AvgIpc) is 2.72. The number of carbonyl (C=O) groups is 1.